The molecule has 2 aliphatic rings. The molecule has 1 saturated heterocycles. The zero-order valence-corrected chi connectivity index (χ0v) is 16.9. The first-order chi connectivity index (χ1) is 14.3. The molecular weight excluding hydrogens is 366 g/mol. The standard InChI is InChI=1S/C21H27N7O/c1-26-10-12-27(13-11-26)19-14-18(29-17-8-5-9-22-15-17)23-21-24-20(25-28(19)21)16-6-3-2-4-7-16/h5,8-9,14-16H,2-4,6-7,10-13H2,1H3. The lowest BCUT2D eigenvalue weighted by atomic mass is 9.89. The van der Waals surface area contributed by atoms with Crippen LogP contribution >= 0.6 is 0 Å². The highest BCUT2D eigenvalue weighted by Crippen LogP contribution is 2.32. The van der Waals surface area contributed by atoms with Crippen molar-refractivity contribution in [1.82, 2.24) is 29.5 Å². The lowest BCUT2D eigenvalue weighted by Gasteiger charge is -2.33. The van der Waals surface area contributed by atoms with E-state index in [-0.39, 0.29) is 0 Å². The third kappa shape index (κ3) is 3.89. The second-order valence-corrected chi connectivity index (χ2v) is 8.05. The first-order valence-electron chi connectivity index (χ1n) is 10.6. The highest BCUT2D eigenvalue weighted by molar-refractivity contribution is 5.50. The van der Waals surface area contributed by atoms with E-state index in [0.29, 0.717) is 23.3 Å². The minimum atomic E-state index is 0.438. The highest BCUT2D eigenvalue weighted by atomic mass is 16.5. The van der Waals surface area contributed by atoms with Gasteiger partial charge >= 0.3 is 0 Å². The van der Waals surface area contributed by atoms with Gasteiger partial charge in [-0.05, 0) is 32.0 Å². The van der Waals surface area contributed by atoms with Crippen molar-refractivity contribution < 1.29 is 4.74 Å². The molecule has 1 saturated carbocycles. The molecular formula is C21H27N7O. The molecule has 0 spiro atoms. The molecule has 0 bridgehead atoms. The van der Waals surface area contributed by atoms with E-state index in [1.54, 1.807) is 12.4 Å². The van der Waals surface area contributed by atoms with Crippen molar-refractivity contribution in [1.29, 1.82) is 0 Å². The zero-order valence-electron chi connectivity index (χ0n) is 16.9. The van der Waals surface area contributed by atoms with Crippen LogP contribution in [0, 0.1) is 0 Å². The maximum atomic E-state index is 6.00. The predicted molar refractivity (Wildman–Crippen MR) is 111 cm³/mol. The number of nitrogens with zero attached hydrogens (tertiary/aromatic N) is 7. The van der Waals surface area contributed by atoms with Crippen molar-refractivity contribution >= 4 is 11.6 Å². The molecule has 0 aromatic carbocycles. The Kier molecular flexibility index (Phi) is 5.01. The third-order valence-electron chi connectivity index (χ3n) is 5.94. The largest absolute Gasteiger partial charge is 0.437 e. The molecule has 4 heterocycles. The molecule has 29 heavy (non-hydrogen) atoms. The molecule has 3 aromatic heterocycles. The van der Waals surface area contributed by atoms with Crippen LogP contribution in [0.25, 0.3) is 5.78 Å². The van der Waals surface area contributed by atoms with E-state index in [9.17, 15) is 0 Å². The van der Waals surface area contributed by atoms with Crippen molar-refractivity contribution in [3.05, 3.63) is 36.4 Å². The normalized spacial score (nSPS) is 19.0. The van der Waals surface area contributed by atoms with Crippen LogP contribution in [0.15, 0.2) is 30.6 Å². The van der Waals surface area contributed by atoms with Gasteiger partial charge in [0.05, 0.1) is 6.20 Å². The Labute approximate surface area is 170 Å². The van der Waals surface area contributed by atoms with E-state index in [1.165, 1.54) is 32.1 Å². The van der Waals surface area contributed by atoms with Gasteiger partial charge in [-0.15, -0.1) is 5.10 Å². The fourth-order valence-corrected chi connectivity index (χ4v) is 4.22. The first-order valence-corrected chi connectivity index (χ1v) is 10.6. The van der Waals surface area contributed by atoms with Crippen LogP contribution in [-0.4, -0.2) is 62.7 Å². The summed E-state index contributed by atoms with van der Waals surface area (Å²) in [7, 11) is 2.16. The zero-order chi connectivity index (χ0) is 19.6. The Morgan fingerprint density at radius 1 is 1.03 bits per heavy atom. The van der Waals surface area contributed by atoms with E-state index < -0.39 is 0 Å². The molecule has 1 aliphatic heterocycles. The van der Waals surface area contributed by atoms with Crippen molar-refractivity contribution in [3.63, 3.8) is 0 Å². The minimum absolute atomic E-state index is 0.438. The smallest absolute Gasteiger partial charge is 0.257 e. The molecule has 8 heteroatoms. The number of piperazine rings is 1. The van der Waals surface area contributed by atoms with Crippen molar-refractivity contribution in [2.75, 3.05) is 38.1 Å². The molecule has 2 fully saturated rings. The van der Waals surface area contributed by atoms with Crippen molar-refractivity contribution in [3.8, 4) is 11.6 Å². The number of fused-ring (bicyclic) bond motifs is 1. The summed E-state index contributed by atoms with van der Waals surface area (Å²) in [4.78, 5) is 18.3. The van der Waals surface area contributed by atoms with Crippen LogP contribution < -0.4 is 9.64 Å². The summed E-state index contributed by atoms with van der Waals surface area (Å²) in [5, 5.41) is 4.90. The minimum Gasteiger partial charge on any atom is -0.437 e. The van der Waals surface area contributed by atoms with Crippen LogP contribution in [0.1, 0.15) is 43.8 Å². The summed E-state index contributed by atoms with van der Waals surface area (Å²) >= 11 is 0. The number of ether oxygens (including phenoxy) is 1. The topological polar surface area (TPSA) is 71.7 Å². The van der Waals surface area contributed by atoms with Crippen molar-refractivity contribution in [2.45, 2.75) is 38.0 Å². The number of pyridine rings is 1. The van der Waals surface area contributed by atoms with Crippen LogP contribution in [0.4, 0.5) is 5.82 Å². The number of hydrogen-bond acceptors (Lipinski definition) is 7. The van der Waals surface area contributed by atoms with Gasteiger partial charge in [-0.3, -0.25) is 4.98 Å². The fraction of sp³-hybridized carbons (Fsp3) is 0.524. The molecule has 0 amide bonds. The molecule has 3 aromatic rings. The average Bonchev–Trinajstić information content (AvgIpc) is 3.19. The molecule has 0 N–H and O–H groups in total. The first kappa shape index (κ1) is 18.3. The van der Waals surface area contributed by atoms with E-state index in [4.69, 9.17) is 14.8 Å². The van der Waals surface area contributed by atoms with Gasteiger partial charge in [-0.25, -0.2) is 0 Å². The number of hydrogen-bond donors (Lipinski definition) is 0. The van der Waals surface area contributed by atoms with Gasteiger partial charge in [0.25, 0.3) is 5.78 Å². The summed E-state index contributed by atoms with van der Waals surface area (Å²) in [5.41, 5.74) is 0. The molecule has 0 atom stereocenters. The number of anilines is 1. The fourth-order valence-electron chi connectivity index (χ4n) is 4.22. The quantitative estimate of drug-likeness (QED) is 0.674. The highest BCUT2D eigenvalue weighted by Gasteiger charge is 2.24. The van der Waals surface area contributed by atoms with Gasteiger partial charge in [0.2, 0.25) is 5.88 Å². The Balaban J connectivity index is 1.53. The molecule has 0 radical (unpaired) electrons. The second kappa shape index (κ2) is 7.94. The Morgan fingerprint density at radius 3 is 2.62 bits per heavy atom. The lowest BCUT2D eigenvalue weighted by Crippen LogP contribution is -2.45. The number of rotatable bonds is 4. The van der Waals surface area contributed by atoms with Crippen molar-refractivity contribution in [2.24, 2.45) is 0 Å². The predicted octanol–water partition coefficient (Wildman–Crippen LogP) is 3.11. The maximum Gasteiger partial charge on any atom is 0.257 e. The van der Waals surface area contributed by atoms with E-state index >= 15 is 0 Å². The van der Waals surface area contributed by atoms with Crippen LogP contribution in [0.2, 0.25) is 0 Å². The van der Waals surface area contributed by atoms with E-state index in [0.717, 1.165) is 37.8 Å². The van der Waals surface area contributed by atoms with Gasteiger partial charge in [0.15, 0.2) is 5.82 Å². The summed E-state index contributed by atoms with van der Waals surface area (Å²) < 4.78 is 7.91. The molecule has 0 unspecified atom stereocenters. The number of aromatic nitrogens is 5. The van der Waals surface area contributed by atoms with Crippen LogP contribution in [-0.2, 0) is 0 Å². The monoisotopic (exact) mass is 393 g/mol. The van der Waals surface area contributed by atoms with E-state index in [2.05, 4.69) is 26.8 Å². The second-order valence-electron chi connectivity index (χ2n) is 8.05. The van der Waals surface area contributed by atoms with Crippen LogP contribution in [0.5, 0.6) is 11.6 Å². The molecule has 152 valence electrons. The Bertz CT molecular complexity index is 960. The van der Waals surface area contributed by atoms with Gasteiger partial charge in [-0.2, -0.15) is 14.5 Å². The van der Waals surface area contributed by atoms with Gasteiger partial charge in [0, 0.05) is 44.4 Å². The SMILES string of the molecule is CN1CCN(c2cc(Oc3cccnc3)nc3nc(C4CCCCC4)nn23)CC1. The summed E-state index contributed by atoms with van der Waals surface area (Å²) in [6.45, 7) is 3.93. The van der Waals surface area contributed by atoms with Crippen LogP contribution in [0.3, 0.4) is 0 Å². The Hall–Kier alpha value is -2.74. The van der Waals surface area contributed by atoms with E-state index in [1.807, 2.05) is 22.7 Å². The lowest BCUT2D eigenvalue weighted by molar-refractivity contribution is 0.311. The van der Waals surface area contributed by atoms with Gasteiger partial charge in [0.1, 0.15) is 11.6 Å². The summed E-state index contributed by atoms with van der Waals surface area (Å²) in [6, 6.07) is 5.71. The summed E-state index contributed by atoms with van der Waals surface area (Å²) in [6.07, 6.45) is 9.59. The molecule has 1 aliphatic carbocycles. The molecule has 8 nitrogen and oxygen atoms in total. The Morgan fingerprint density at radius 2 is 1.86 bits per heavy atom. The maximum absolute atomic E-state index is 6.00. The average molecular weight is 393 g/mol. The molecule has 5 rings (SSSR count). The third-order valence-corrected chi connectivity index (χ3v) is 5.94. The van der Waals surface area contributed by atoms with Gasteiger partial charge < -0.3 is 14.5 Å². The summed E-state index contributed by atoms with van der Waals surface area (Å²) in [5.74, 6) is 4.17. The van der Waals surface area contributed by atoms with Gasteiger partial charge in [-0.1, -0.05) is 19.3 Å². The number of likely N-dealkylation sites (N-methyl/N-ethyl adjacent to an activating group) is 1.